The SMILES string of the molecule is CCc1oc([C@H](C)[C@H](O)[C@@H](C)[C@H](O)C(C)=C[C@H](C)c2oc([C@@H](C)[C@@H](O)CC)c(C)c(=O)c2C)c(C)c(=O)c1C. The Labute approximate surface area is 232 Å². The fourth-order valence-corrected chi connectivity index (χ4v) is 5.53. The van der Waals surface area contributed by atoms with Crippen LogP contribution in [-0.2, 0) is 6.42 Å². The van der Waals surface area contributed by atoms with Crippen LogP contribution in [0.4, 0.5) is 0 Å². The number of hydrogen-bond donors (Lipinski definition) is 3. The molecule has 0 aromatic carbocycles. The fourth-order valence-electron chi connectivity index (χ4n) is 5.53. The van der Waals surface area contributed by atoms with Gasteiger partial charge >= 0.3 is 0 Å². The Bertz CT molecular complexity index is 1300. The van der Waals surface area contributed by atoms with Gasteiger partial charge in [-0.2, -0.15) is 0 Å². The van der Waals surface area contributed by atoms with E-state index < -0.39 is 30.1 Å². The lowest BCUT2D eigenvalue weighted by Gasteiger charge is -2.30. The van der Waals surface area contributed by atoms with Gasteiger partial charge in [0.05, 0.1) is 18.3 Å². The molecule has 0 saturated heterocycles. The van der Waals surface area contributed by atoms with E-state index in [2.05, 4.69) is 0 Å². The van der Waals surface area contributed by atoms with Crippen LogP contribution in [-0.4, -0.2) is 33.6 Å². The van der Waals surface area contributed by atoms with Gasteiger partial charge in [-0.15, -0.1) is 0 Å². The number of rotatable bonds is 11. The Morgan fingerprint density at radius 3 is 1.77 bits per heavy atom. The molecule has 2 heterocycles. The standard InChI is InChI=1S/C32H48O7/c1-12-24(33)17(5)31-23(11)29(37)20(8)30(39-31)16(4)14-15(3)26(34)19(7)28(36)22(10)32-21(9)27(35)18(6)25(13-2)38-32/h14,16-17,19,22,24,26,28,33-34,36H,12-13H2,1-11H3/t16-,17-,19-,22+,24-,26+,28+/m0/s1. The third-order valence-corrected chi connectivity index (χ3v) is 8.43. The molecule has 0 aliphatic rings. The normalized spacial score (nSPS) is 17.8. The lowest BCUT2D eigenvalue weighted by molar-refractivity contribution is 0.0216. The smallest absolute Gasteiger partial charge is 0.191 e. The van der Waals surface area contributed by atoms with E-state index in [0.29, 0.717) is 63.7 Å². The Hall–Kier alpha value is -2.48. The summed E-state index contributed by atoms with van der Waals surface area (Å²) < 4.78 is 12.3. The fraction of sp³-hybridized carbons (Fsp3) is 0.625. The zero-order chi connectivity index (χ0) is 29.9. The molecule has 0 fully saturated rings. The van der Waals surface area contributed by atoms with Crippen LogP contribution < -0.4 is 10.9 Å². The average Bonchev–Trinajstić information content (AvgIpc) is 2.92. The van der Waals surface area contributed by atoms with Crippen LogP contribution in [0.1, 0.15) is 118 Å². The van der Waals surface area contributed by atoms with E-state index in [1.807, 2.05) is 33.8 Å². The molecule has 2 aromatic rings. The molecule has 218 valence electrons. The van der Waals surface area contributed by atoms with Gasteiger partial charge in [-0.3, -0.25) is 9.59 Å². The molecule has 2 aromatic heterocycles. The lowest BCUT2D eigenvalue weighted by Crippen LogP contribution is -2.35. The number of aliphatic hydroxyl groups is 3. The van der Waals surface area contributed by atoms with Crippen LogP contribution in [0.5, 0.6) is 0 Å². The topological polar surface area (TPSA) is 121 Å². The maximum atomic E-state index is 13.0. The van der Waals surface area contributed by atoms with Crippen molar-refractivity contribution in [1.29, 1.82) is 0 Å². The van der Waals surface area contributed by atoms with Gasteiger partial charge < -0.3 is 24.2 Å². The van der Waals surface area contributed by atoms with Gasteiger partial charge in [-0.25, -0.2) is 0 Å². The first-order valence-electron chi connectivity index (χ1n) is 14.1. The van der Waals surface area contributed by atoms with Gasteiger partial charge in [-0.05, 0) is 46.6 Å². The Kier molecular flexibility index (Phi) is 11.1. The molecular weight excluding hydrogens is 496 g/mol. The van der Waals surface area contributed by atoms with Crippen molar-refractivity contribution in [3.05, 3.63) is 77.4 Å². The van der Waals surface area contributed by atoms with Crippen molar-refractivity contribution in [2.75, 3.05) is 0 Å². The van der Waals surface area contributed by atoms with Crippen molar-refractivity contribution in [3.63, 3.8) is 0 Å². The first kappa shape index (κ1) is 32.7. The summed E-state index contributed by atoms with van der Waals surface area (Å²) >= 11 is 0. The van der Waals surface area contributed by atoms with Crippen LogP contribution in [0.15, 0.2) is 30.1 Å². The molecule has 2 rings (SSSR count). The minimum Gasteiger partial charge on any atom is -0.465 e. The molecule has 0 bridgehead atoms. The Morgan fingerprint density at radius 1 is 0.769 bits per heavy atom. The highest BCUT2D eigenvalue weighted by atomic mass is 16.3. The average molecular weight is 545 g/mol. The monoisotopic (exact) mass is 544 g/mol. The van der Waals surface area contributed by atoms with Crippen molar-refractivity contribution in [1.82, 2.24) is 0 Å². The first-order valence-corrected chi connectivity index (χ1v) is 14.1. The van der Waals surface area contributed by atoms with Crippen LogP contribution >= 0.6 is 0 Å². The summed E-state index contributed by atoms with van der Waals surface area (Å²) in [4.78, 5) is 25.7. The molecule has 0 saturated carbocycles. The number of aliphatic hydroxyl groups excluding tert-OH is 3. The number of hydrogen-bond acceptors (Lipinski definition) is 7. The summed E-state index contributed by atoms with van der Waals surface area (Å²) in [6.45, 7) is 19.8. The second-order valence-electron chi connectivity index (χ2n) is 11.3. The van der Waals surface area contributed by atoms with Crippen LogP contribution in [0.25, 0.3) is 0 Å². The van der Waals surface area contributed by atoms with E-state index in [1.54, 1.807) is 48.5 Å². The Morgan fingerprint density at radius 2 is 1.26 bits per heavy atom. The van der Waals surface area contributed by atoms with E-state index in [0.717, 1.165) is 0 Å². The highest BCUT2D eigenvalue weighted by Crippen LogP contribution is 2.32. The molecule has 3 N–H and O–H groups in total. The maximum Gasteiger partial charge on any atom is 0.191 e. The quantitative estimate of drug-likeness (QED) is 0.321. The first-order chi connectivity index (χ1) is 18.1. The van der Waals surface area contributed by atoms with Crippen LogP contribution in [0.2, 0.25) is 0 Å². The van der Waals surface area contributed by atoms with E-state index in [-0.39, 0.29) is 22.7 Å². The van der Waals surface area contributed by atoms with Crippen LogP contribution in [0, 0.1) is 33.6 Å². The molecular formula is C32H48O7. The van der Waals surface area contributed by atoms with Crippen molar-refractivity contribution in [3.8, 4) is 0 Å². The zero-order valence-electron chi connectivity index (χ0n) is 25.5. The summed E-state index contributed by atoms with van der Waals surface area (Å²) in [5.41, 5.74) is 2.49. The van der Waals surface area contributed by atoms with Crippen molar-refractivity contribution < 1.29 is 24.2 Å². The Balaban J connectivity index is 2.38. The molecule has 39 heavy (non-hydrogen) atoms. The van der Waals surface area contributed by atoms with Gasteiger partial charge in [0.1, 0.15) is 23.0 Å². The van der Waals surface area contributed by atoms with Gasteiger partial charge in [0.15, 0.2) is 10.9 Å². The molecule has 0 amide bonds. The number of aryl methyl sites for hydroxylation is 1. The molecule has 0 unspecified atom stereocenters. The molecule has 7 heteroatoms. The van der Waals surface area contributed by atoms with Gasteiger partial charge in [0.2, 0.25) is 0 Å². The molecule has 0 radical (unpaired) electrons. The third kappa shape index (κ3) is 6.64. The summed E-state index contributed by atoms with van der Waals surface area (Å²) in [6.07, 6.45) is 0.368. The molecule has 0 aliphatic heterocycles. The summed E-state index contributed by atoms with van der Waals surface area (Å²) in [7, 11) is 0. The molecule has 0 spiro atoms. The summed E-state index contributed by atoms with van der Waals surface area (Å²) in [5.74, 6) is 0.278. The minimum atomic E-state index is -0.981. The largest absolute Gasteiger partial charge is 0.465 e. The molecule has 7 atom stereocenters. The van der Waals surface area contributed by atoms with Gasteiger partial charge in [0.25, 0.3) is 0 Å². The van der Waals surface area contributed by atoms with E-state index >= 15 is 0 Å². The van der Waals surface area contributed by atoms with Gasteiger partial charge in [0, 0.05) is 52.3 Å². The highest BCUT2D eigenvalue weighted by Gasteiger charge is 2.32. The lowest BCUT2D eigenvalue weighted by atomic mass is 9.83. The van der Waals surface area contributed by atoms with E-state index in [9.17, 15) is 24.9 Å². The number of allylic oxidation sites excluding steroid dienone is 1. The maximum absolute atomic E-state index is 13.0. The molecule has 7 nitrogen and oxygen atoms in total. The second kappa shape index (κ2) is 13.2. The van der Waals surface area contributed by atoms with Crippen molar-refractivity contribution in [2.45, 2.75) is 125 Å². The predicted octanol–water partition coefficient (Wildman–Crippen LogP) is 5.47. The summed E-state index contributed by atoms with van der Waals surface area (Å²) in [5, 5.41) is 32.8. The predicted molar refractivity (Wildman–Crippen MR) is 155 cm³/mol. The second-order valence-corrected chi connectivity index (χ2v) is 11.3. The van der Waals surface area contributed by atoms with Crippen LogP contribution in [0.3, 0.4) is 0 Å². The van der Waals surface area contributed by atoms with Crippen molar-refractivity contribution in [2.24, 2.45) is 5.92 Å². The highest BCUT2D eigenvalue weighted by molar-refractivity contribution is 5.32. The summed E-state index contributed by atoms with van der Waals surface area (Å²) in [6, 6.07) is 0. The molecule has 0 aliphatic carbocycles. The van der Waals surface area contributed by atoms with Crippen molar-refractivity contribution >= 4 is 0 Å². The minimum absolute atomic E-state index is 0.0830. The third-order valence-electron chi connectivity index (χ3n) is 8.43. The van der Waals surface area contributed by atoms with Gasteiger partial charge in [-0.1, -0.05) is 47.6 Å². The van der Waals surface area contributed by atoms with E-state index in [1.165, 1.54) is 0 Å². The van der Waals surface area contributed by atoms with E-state index in [4.69, 9.17) is 8.83 Å². The zero-order valence-corrected chi connectivity index (χ0v) is 25.5.